The van der Waals surface area contributed by atoms with Gasteiger partial charge in [0.05, 0.1) is 18.7 Å². The van der Waals surface area contributed by atoms with E-state index in [2.05, 4.69) is 33.9 Å². The third kappa shape index (κ3) is 3.45. The summed E-state index contributed by atoms with van der Waals surface area (Å²) in [6.45, 7) is 2.66. The minimum atomic E-state index is -0.112. The van der Waals surface area contributed by atoms with Crippen molar-refractivity contribution in [2.45, 2.75) is 18.6 Å². The Bertz CT molecular complexity index is 579. The van der Waals surface area contributed by atoms with Crippen LogP contribution in [0.1, 0.15) is 6.42 Å². The van der Waals surface area contributed by atoms with E-state index in [1.807, 2.05) is 11.0 Å². The van der Waals surface area contributed by atoms with E-state index in [9.17, 15) is 4.39 Å². The maximum atomic E-state index is 13.5. The molecule has 7 heteroatoms. The standard InChI is InChI=1S/C16H24FN5O/c1-20(2)13-10-22(11-14(13)23-3)15-6-7-18-16(19-15)21-8-4-5-12(17)9-21/h5-7,13-14H,4,8-11H2,1-3H3/t13-,14+/m0/s1. The Labute approximate surface area is 136 Å². The highest BCUT2D eigenvalue weighted by Crippen LogP contribution is 2.24. The Morgan fingerprint density at radius 1 is 1.30 bits per heavy atom. The molecule has 0 radical (unpaired) electrons. The van der Waals surface area contributed by atoms with Gasteiger partial charge in [0.15, 0.2) is 0 Å². The molecule has 3 rings (SSSR count). The lowest BCUT2D eigenvalue weighted by molar-refractivity contribution is 0.0639. The van der Waals surface area contributed by atoms with Crippen LogP contribution in [0.15, 0.2) is 24.2 Å². The molecular weight excluding hydrogens is 297 g/mol. The fraction of sp³-hybridized carbons (Fsp3) is 0.625. The van der Waals surface area contributed by atoms with Gasteiger partial charge in [-0.2, -0.15) is 4.98 Å². The second-order valence-electron chi connectivity index (χ2n) is 6.29. The molecule has 0 N–H and O–H groups in total. The van der Waals surface area contributed by atoms with Crippen molar-refractivity contribution in [3.63, 3.8) is 0 Å². The predicted octanol–water partition coefficient (Wildman–Crippen LogP) is 1.31. The SMILES string of the molecule is CO[C@@H]1CN(c2ccnc(N3CCC=C(F)C3)n2)C[C@@H]1N(C)C. The minimum absolute atomic E-state index is 0.112. The molecule has 6 nitrogen and oxygen atoms in total. The molecule has 23 heavy (non-hydrogen) atoms. The molecule has 126 valence electrons. The zero-order valence-electron chi connectivity index (χ0n) is 13.9. The van der Waals surface area contributed by atoms with Gasteiger partial charge in [-0.15, -0.1) is 0 Å². The lowest BCUT2D eigenvalue weighted by atomic mass is 10.2. The van der Waals surface area contributed by atoms with E-state index >= 15 is 0 Å². The highest BCUT2D eigenvalue weighted by molar-refractivity contribution is 5.46. The van der Waals surface area contributed by atoms with E-state index in [1.54, 1.807) is 19.4 Å². The van der Waals surface area contributed by atoms with E-state index in [4.69, 9.17) is 4.74 Å². The fourth-order valence-corrected chi connectivity index (χ4v) is 3.21. The first-order valence-electron chi connectivity index (χ1n) is 7.95. The lowest BCUT2D eigenvalue weighted by Gasteiger charge is -2.26. The van der Waals surface area contributed by atoms with Crippen molar-refractivity contribution < 1.29 is 9.13 Å². The number of ether oxygens (including phenoxy) is 1. The van der Waals surface area contributed by atoms with Crippen LogP contribution in [-0.4, -0.2) is 74.4 Å². The number of nitrogens with zero attached hydrogens (tertiary/aromatic N) is 5. The molecule has 1 saturated heterocycles. The summed E-state index contributed by atoms with van der Waals surface area (Å²) in [5, 5.41) is 0. The Kier molecular flexibility index (Phi) is 4.77. The van der Waals surface area contributed by atoms with E-state index in [0.29, 0.717) is 18.4 Å². The van der Waals surface area contributed by atoms with Crippen LogP contribution in [0.4, 0.5) is 16.2 Å². The van der Waals surface area contributed by atoms with Gasteiger partial charge < -0.3 is 19.4 Å². The number of likely N-dealkylation sites (N-methyl/N-ethyl adjacent to an activating group) is 1. The van der Waals surface area contributed by atoms with Crippen molar-refractivity contribution in [1.82, 2.24) is 14.9 Å². The van der Waals surface area contributed by atoms with Crippen LogP contribution >= 0.6 is 0 Å². The summed E-state index contributed by atoms with van der Waals surface area (Å²) in [6, 6.07) is 2.23. The van der Waals surface area contributed by atoms with Crippen LogP contribution in [0.25, 0.3) is 0 Å². The summed E-state index contributed by atoms with van der Waals surface area (Å²) in [4.78, 5) is 15.2. The second-order valence-corrected chi connectivity index (χ2v) is 6.29. The van der Waals surface area contributed by atoms with Gasteiger partial charge in [-0.1, -0.05) is 0 Å². The van der Waals surface area contributed by atoms with E-state index in [-0.39, 0.29) is 18.5 Å². The Morgan fingerprint density at radius 3 is 2.78 bits per heavy atom. The second kappa shape index (κ2) is 6.80. The average molecular weight is 321 g/mol. The Balaban J connectivity index is 1.76. The summed E-state index contributed by atoms with van der Waals surface area (Å²) in [5.74, 6) is 1.35. The molecule has 1 aromatic heterocycles. The van der Waals surface area contributed by atoms with E-state index < -0.39 is 0 Å². The summed E-state index contributed by atoms with van der Waals surface area (Å²) < 4.78 is 19.1. The van der Waals surface area contributed by atoms with Crippen LogP contribution in [0.5, 0.6) is 0 Å². The van der Waals surface area contributed by atoms with Gasteiger partial charge in [-0.3, -0.25) is 0 Å². The van der Waals surface area contributed by atoms with Gasteiger partial charge in [0, 0.05) is 32.9 Å². The largest absolute Gasteiger partial charge is 0.378 e. The monoisotopic (exact) mass is 321 g/mol. The lowest BCUT2D eigenvalue weighted by Crippen LogP contribution is -2.39. The molecule has 3 heterocycles. The number of hydrogen-bond donors (Lipinski definition) is 0. The first-order chi connectivity index (χ1) is 11.1. The van der Waals surface area contributed by atoms with Crippen LogP contribution in [0.2, 0.25) is 0 Å². The normalized spacial score (nSPS) is 25.2. The van der Waals surface area contributed by atoms with E-state index in [0.717, 1.165) is 25.5 Å². The van der Waals surface area contributed by atoms with Gasteiger partial charge in [-0.25, -0.2) is 9.37 Å². The third-order valence-electron chi connectivity index (χ3n) is 4.54. The molecule has 0 saturated carbocycles. The quantitative estimate of drug-likeness (QED) is 0.833. The molecule has 0 unspecified atom stereocenters. The molecule has 1 fully saturated rings. The van der Waals surface area contributed by atoms with Gasteiger partial charge in [-0.05, 0) is 32.7 Å². The molecule has 0 aliphatic carbocycles. The highest BCUT2D eigenvalue weighted by atomic mass is 19.1. The summed E-state index contributed by atoms with van der Waals surface area (Å²) in [5.41, 5.74) is 0. The van der Waals surface area contributed by atoms with Crippen molar-refractivity contribution >= 4 is 11.8 Å². The Morgan fingerprint density at radius 2 is 2.13 bits per heavy atom. The summed E-state index contributed by atoms with van der Waals surface area (Å²) >= 11 is 0. The van der Waals surface area contributed by atoms with Gasteiger partial charge in [0.25, 0.3) is 0 Å². The van der Waals surface area contributed by atoms with Crippen LogP contribution < -0.4 is 9.80 Å². The van der Waals surface area contributed by atoms with Crippen molar-refractivity contribution in [3.05, 3.63) is 24.2 Å². The predicted molar refractivity (Wildman–Crippen MR) is 88.5 cm³/mol. The third-order valence-corrected chi connectivity index (χ3v) is 4.54. The van der Waals surface area contributed by atoms with E-state index in [1.165, 1.54) is 0 Å². The summed E-state index contributed by atoms with van der Waals surface area (Å²) in [6.07, 6.45) is 4.22. The number of methoxy groups -OCH3 is 1. The molecule has 0 spiro atoms. The van der Waals surface area contributed by atoms with Gasteiger partial charge in [0.2, 0.25) is 5.95 Å². The maximum Gasteiger partial charge on any atom is 0.227 e. The van der Waals surface area contributed by atoms with Crippen LogP contribution in [0.3, 0.4) is 0 Å². The molecule has 1 aromatic rings. The maximum absolute atomic E-state index is 13.5. The van der Waals surface area contributed by atoms with Crippen molar-refractivity contribution in [3.8, 4) is 0 Å². The number of halogens is 1. The first-order valence-corrected chi connectivity index (χ1v) is 7.95. The van der Waals surface area contributed by atoms with Crippen molar-refractivity contribution in [1.29, 1.82) is 0 Å². The number of hydrogen-bond acceptors (Lipinski definition) is 6. The molecule has 2 aliphatic rings. The van der Waals surface area contributed by atoms with Crippen molar-refractivity contribution in [2.75, 3.05) is 57.2 Å². The molecule has 0 aromatic carbocycles. The van der Waals surface area contributed by atoms with Crippen LogP contribution in [0, 0.1) is 0 Å². The van der Waals surface area contributed by atoms with Crippen molar-refractivity contribution in [2.24, 2.45) is 0 Å². The number of rotatable bonds is 4. The Hall–Kier alpha value is -1.73. The number of aromatic nitrogens is 2. The zero-order chi connectivity index (χ0) is 16.4. The molecule has 2 atom stereocenters. The summed E-state index contributed by atoms with van der Waals surface area (Å²) in [7, 11) is 5.88. The molecular formula is C16H24FN5O. The van der Waals surface area contributed by atoms with Crippen LogP contribution in [-0.2, 0) is 4.74 Å². The fourth-order valence-electron chi connectivity index (χ4n) is 3.21. The molecule has 0 bridgehead atoms. The first kappa shape index (κ1) is 16.1. The minimum Gasteiger partial charge on any atom is -0.378 e. The van der Waals surface area contributed by atoms with Gasteiger partial charge in [0.1, 0.15) is 11.6 Å². The smallest absolute Gasteiger partial charge is 0.227 e. The zero-order valence-corrected chi connectivity index (χ0v) is 13.9. The number of anilines is 2. The van der Waals surface area contributed by atoms with Gasteiger partial charge >= 0.3 is 0 Å². The topological polar surface area (TPSA) is 44.7 Å². The highest BCUT2D eigenvalue weighted by Gasteiger charge is 2.35. The molecule has 2 aliphatic heterocycles. The molecule has 0 amide bonds. The average Bonchev–Trinajstić information content (AvgIpc) is 3.00.